The van der Waals surface area contributed by atoms with E-state index in [-0.39, 0.29) is 0 Å². The van der Waals surface area contributed by atoms with Gasteiger partial charge in [0.05, 0.1) is 11.3 Å². The molecule has 1 N–H and O–H groups in total. The molecule has 25 heavy (non-hydrogen) atoms. The number of aryl methyl sites for hydroxylation is 1. The first kappa shape index (κ1) is 17.8. The lowest BCUT2D eigenvalue weighted by atomic mass is 10.2. The minimum absolute atomic E-state index is 0.583. The van der Waals surface area contributed by atoms with E-state index in [0.717, 1.165) is 33.7 Å². The third-order valence-corrected chi connectivity index (χ3v) is 4.45. The second-order valence-corrected chi connectivity index (χ2v) is 7.04. The molecule has 6 nitrogen and oxygen atoms in total. The van der Waals surface area contributed by atoms with E-state index < -0.39 is 0 Å². The van der Waals surface area contributed by atoms with Gasteiger partial charge in [0, 0.05) is 31.2 Å². The average Bonchev–Trinajstić information content (AvgIpc) is 2.96. The quantitative estimate of drug-likeness (QED) is 0.582. The molecule has 0 aliphatic heterocycles. The van der Waals surface area contributed by atoms with Crippen LogP contribution in [0.15, 0.2) is 42.7 Å². The summed E-state index contributed by atoms with van der Waals surface area (Å²) in [4.78, 5) is 11.1. The Bertz CT molecular complexity index is 858. The van der Waals surface area contributed by atoms with Crippen LogP contribution in [-0.4, -0.2) is 38.7 Å². The van der Waals surface area contributed by atoms with Gasteiger partial charge in [-0.2, -0.15) is 5.10 Å². The molecule has 0 spiro atoms. The topological polar surface area (TPSA) is 58.9 Å². The summed E-state index contributed by atoms with van der Waals surface area (Å²) in [5, 5.41) is 7.77. The Morgan fingerprint density at radius 3 is 2.80 bits per heavy atom. The summed E-state index contributed by atoms with van der Waals surface area (Å²) < 4.78 is 2.86. The highest BCUT2D eigenvalue weighted by atomic mass is 127. The van der Waals surface area contributed by atoms with Crippen LogP contribution in [0.3, 0.4) is 0 Å². The molecule has 2 aromatic heterocycles. The van der Waals surface area contributed by atoms with Crippen molar-refractivity contribution in [3.63, 3.8) is 0 Å². The molecule has 0 atom stereocenters. The number of anilines is 2. The van der Waals surface area contributed by atoms with Gasteiger partial charge in [-0.15, -0.1) is 0 Å². The van der Waals surface area contributed by atoms with E-state index in [9.17, 15) is 0 Å². The van der Waals surface area contributed by atoms with Gasteiger partial charge in [0.2, 0.25) is 5.95 Å². The monoisotopic (exact) mass is 448 g/mol. The van der Waals surface area contributed by atoms with Gasteiger partial charge >= 0.3 is 0 Å². The zero-order valence-corrected chi connectivity index (χ0v) is 16.7. The molecule has 0 fully saturated rings. The van der Waals surface area contributed by atoms with Crippen LogP contribution in [0.5, 0.6) is 0 Å². The van der Waals surface area contributed by atoms with Crippen LogP contribution < -0.4 is 5.32 Å². The van der Waals surface area contributed by atoms with Gasteiger partial charge in [-0.25, -0.2) is 9.97 Å². The molecule has 0 aliphatic carbocycles. The predicted molar refractivity (Wildman–Crippen MR) is 109 cm³/mol. The number of hydrogen-bond donors (Lipinski definition) is 1. The van der Waals surface area contributed by atoms with Crippen molar-refractivity contribution in [2.45, 2.75) is 20.0 Å². The largest absolute Gasteiger partial charge is 0.324 e. The number of nitrogens with zero attached hydrogens (tertiary/aromatic N) is 5. The first-order chi connectivity index (χ1) is 12.0. The van der Waals surface area contributed by atoms with Gasteiger partial charge in [-0.05, 0) is 67.4 Å². The maximum absolute atomic E-state index is 4.65. The molecule has 3 aromatic rings. The van der Waals surface area contributed by atoms with E-state index in [1.165, 1.54) is 5.56 Å². The summed E-state index contributed by atoms with van der Waals surface area (Å²) in [6, 6.07) is 10.2. The second-order valence-electron chi connectivity index (χ2n) is 6.02. The maximum Gasteiger partial charge on any atom is 0.227 e. The van der Waals surface area contributed by atoms with Gasteiger partial charge in [-0.1, -0.05) is 12.1 Å². The van der Waals surface area contributed by atoms with Crippen LogP contribution in [0.25, 0.3) is 11.3 Å². The first-order valence-electron chi connectivity index (χ1n) is 8.12. The van der Waals surface area contributed by atoms with Crippen LogP contribution in [0.1, 0.15) is 12.5 Å². The Balaban J connectivity index is 1.83. The van der Waals surface area contributed by atoms with E-state index in [2.05, 4.69) is 81.0 Å². The lowest BCUT2D eigenvalue weighted by molar-refractivity contribution is 0.402. The molecule has 0 saturated carbocycles. The average molecular weight is 448 g/mol. The Morgan fingerprint density at radius 2 is 2.08 bits per heavy atom. The van der Waals surface area contributed by atoms with E-state index in [1.54, 1.807) is 6.20 Å². The molecule has 0 radical (unpaired) electrons. The highest BCUT2D eigenvalue weighted by Crippen LogP contribution is 2.24. The van der Waals surface area contributed by atoms with E-state index in [1.807, 2.05) is 29.1 Å². The third kappa shape index (κ3) is 4.55. The molecule has 0 amide bonds. The zero-order valence-electron chi connectivity index (χ0n) is 14.6. The van der Waals surface area contributed by atoms with E-state index >= 15 is 0 Å². The smallest absolute Gasteiger partial charge is 0.227 e. The van der Waals surface area contributed by atoms with Crippen LogP contribution in [-0.2, 0) is 13.1 Å². The van der Waals surface area contributed by atoms with Crippen LogP contribution in [0, 0.1) is 3.70 Å². The third-order valence-electron chi connectivity index (χ3n) is 3.65. The van der Waals surface area contributed by atoms with Crippen LogP contribution in [0.2, 0.25) is 0 Å². The second kappa shape index (κ2) is 7.92. The lowest BCUT2D eigenvalue weighted by Crippen LogP contribution is -2.10. The van der Waals surface area contributed by atoms with Crippen molar-refractivity contribution < 1.29 is 0 Å². The Labute approximate surface area is 161 Å². The minimum atomic E-state index is 0.583. The molecule has 1 aromatic carbocycles. The normalized spacial score (nSPS) is 11.1. The summed E-state index contributed by atoms with van der Waals surface area (Å²) >= 11 is 2.24. The van der Waals surface area contributed by atoms with E-state index in [4.69, 9.17) is 0 Å². The summed E-state index contributed by atoms with van der Waals surface area (Å²) in [5.41, 5.74) is 4.11. The standard InChI is InChI=1S/C18H21IN6/c1-4-25-12-15(17(19)23-25)16-8-9-20-18(22-16)21-14-7-5-6-13(10-14)11-24(2)3/h5-10,12H,4,11H2,1-3H3,(H,20,21,22). The molecule has 130 valence electrons. The molecule has 2 heterocycles. The summed E-state index contributed by atoms with van der Waals surface area (Å²) in [6.45, 7) is 3.80. The highest BCUT2D eigenvalue weighted by molar-refractivity contribution is 14.1. The van der Waals surface area contributed by atoms with Crippen molar-refractivity contribution in [3.8, 4) is 11.3 Å². The van der Waals surface area contributed by atoms with Crippen molar-refractivity contribution in [1.82, 2.24) is 24.6 Å². The zero-order chi connectivity index (χ0) is 17.8. The van der Waals surface area contributed by atoms with Crippen molar-refractivity contribution >= 4 is 34.2 Å². The van der Waals surface area contributed by atoms with Crippen LogP contribution >= 0.6 is 22.6 Å². The summed E-state index contributed by atoms with van der Waals surface area (Å²) in [7, 11) is 4.12. The molecule has 0 aliphatic rings. The van der Waals surface area contributed by atoms with Gasteiger partial charge in [-0.3, -0.25) is 4.68 Å². The molecule has 3 rings (SSSR count). The Morgan fingerprint density at radius 1 is 1.24 bits per heavy atom. The Kier molecular flexibility index (Phi) is 5.64. The fraction of sp³-hybridized carbons (Fsp3) is 0.278. The number of rotatable bonds is 6. The molecule has 7 heteroatoms. The number of halogens is 1. The fourth-order valence-electron chi connectivity index (χ4n) is 2.54. The summed E-state index contributed by atoms with van der Waals surface area (Å²) in [5.74, 6) is 0.583. The molecule has 0 saturated heterocycles. The first-order valence-corrected chi connectivity index (χ1v) is 9.20. The van der Waals surface area contributed by atoms with Crippen molar-refractivity contribution in [1.29, 1.82) is 0 Å². The van der Waals surface area contributed by atoms with Crippen molar-refractivity contribution in [2.24, 2.45) is 0 Å². The van der Waals surface area contributed by atoms with Gasteiger partial charge in [0.15, 0.2) is 0 Å². The maximum atomic E-state index is 4.65. The number of nitrogens with one attached hydrogen (secondary N) is 1. The SMILES string of the molecule is CCn1cc(-c2ccnc(Nc3cccc(CN(C)C)c3)n2)c(I)n1. The number of aromatic nitrogens is 4. The van der Waals surface area contributed by atoms with E-state index in [0.29, 0.717) is 5.95 Å². The van der Waals surface area contributed by atoms with Gasteiger partial charge in [0.1, 0.15) is 3.70 Å². The minimum Gasteiger partial charge on any atom is -0.324 e. The van der Waals surface area contributed by atoms with Gasteiger partial charge in [0.25, 0.3) is 0 Å². The lowest BCUT2D eigenvalue weighted by Gasteiger charge is -2.11. The fourth-order valence-corrected chi connectivity index (χ4v) is 3.23. The molecular weight excluding hydrogens is 427 g/mol. The molecular formula is C18H21IN6. The number of benzene rings is 1. The van der Waals surface area contributed by atoms with Crippen molar-refractivity contribution in [2.75, 3.05) is 19.4 Å². The Hall–Kier alpha value is -2.00. The summed E-state index contributed by atoms with van der Waals surface area (Å²) in [6.07, 6.45) is 3.79. The van der Waals surface area contributed by atoms with Gasteiger partial charge < -0.3 is 10.2 Å². The predicted octanol–water partition coefficient (Wildman–Crippen LogP) is 3.77. The van der Waals surface area contributed by atoms with Crippen LogP contribution in [0.4, 0.5) is 11.6 Å². The molecule has 0 unspecified atom stereocenters. The molecule has 0 bridgehead atoms. The number of hydrogen-bond acceptors (Lipinski definition) is 5. The van der Waals surface area contributed by atoms with Crippen molar-refractivity contribution in [3.05, 3.63) is 52.0 Å². The highest BCUT2D eigenvalue weighted by Gasteiger charge is 2.10.